The summed E-state index contributed by atoms with van der Waals surface area (Å²) >= 11 is 1.58. The molecule has 2 aromatic rings. The molecule has 1 aliphatic rings. The molecule has 3 rings (SSSR count). The molecule has 11 heteroatoms. The van der Waals surface area contributed by atoms with Crippen LogP contribution in [0.4, 0.5) is 17.1 Å². The first-order valence-electron chi connectivity index (χ1n) is 8.14. The number of hydrazone groups is 1. The van der Waals surface area contributed by atoms with Gasteiger partial charge in [0.25, 0.3) is 17.3 Å². The number of nitrogens with one attached hydrogen (secondary N) is 2. The molecule has 28 heavy (non-hydrogen) atoms. The van der Waals surface area contributed by atoms with Crippen LogP contribution in [0.5, 0.6) is 0 Å². The number of hydrogen-bond acceptors (Lipinski definition) is 8. The van der Waals surface area contributed by atoms with E-state index < -0.39 is 21.2 Å². The molecule has 10 nitrogen and oxygen atoms in total. The molecule has 1 saturated heterocycles. The number of hydrogen-bond donors (Lipinski definition) is 2. The van der Waals surface area contributed by atoms with Gasteiger partial charge < -0.3 is 5.32 Å². The predicted molar refractivity (Wildman–Crippen MR) is 106 cm³/mol. The van der Waals surface area contributed by atoms with E-state index in [4.69, 9.17) is 0 Å². The van der Waals surface area contributed by atoms with Crippen LogP contribution in [0, 0.1) is 20.2 Å². The van der Waals surface area contributed by atoms with E-state index in [1.807, 2.05) is 6.07 Å². The minimum atomic E-state index is -0.709. The second-order valence-corrected chi connectivity index (χ2v) is 6.90. The lowest BCUT2D eigenvalue weighted by atomic mass is 10.1. The Morgan fingerprint density at radius 2 is 1.71 bits per heavy atom. The molecule has 0 radical (unpaired) electrons. The second-order valence-electron chi connectivity index (χ2n) is 5.87. The third kappa shape index (κ3) is 4.62. The van der Waals surface area contributed by atoms with E-state index in [2.05, 4.69) is 15.8 Å². The van der Waals surface area contributed by atoms with E-state index >= 15 is 0 Å². The number of amides is 1. The lowest BCUT2D eigenvalue weighted by Crippen LogP contribution is -2.40. The largest absolute Gasteiger partial charge is 0.343 e. The average molecular weight is 401 g/mol. The molecule has 1 atom stereocenters. The van der Waals surface area contributed by atoms with Crippen LogP contribution < -0.4 is 10.7 Å². The molecule has 0 aromatic heterocycles. The van der Waals surface area contributed by atoms with Crippen molar-refractivity contribution < 1.29 is 14.6 Å². The van der Waals surface area contributed by atoms with Crippen LogP contribution in [0.2, 0.25) is 0 Å². The van der Waals surface area contributed by atoms with Gasteiger partial charge >= 0.3 is 0 Å². The summed E-state index contributed by atoms with van der Waals surface area (Å²) in [6.07, 6.45) is 0. The first kappa shape index (κ1) is 19.3. The third-order valence-electron chi connectivity index (χ3n) is 3.93. The number of nitro groups is 2. The van der Waals surface area contributed by atoms with Gasteiger partial charge in [0.05, 0.1) is 33.4 Å². The Bertz CT molecular complexity index is 918. The summed E-state index contributed by atoms with van der Waals surface area (Å²) in [6.45, 7) is 0. The molecule has 1 fully saturated rings. The van der Waals surface area contributed by atoms with Gasteiger partial charge in [-0.1, -0.05) is 18.2 Å². The van der Waals surface area contributed by atoms with E-state index in [0.717, 1.165) is 18.2 Å². The number of rotatable bonds is 6. The Labute approximate surface area is 163 Å². The minimum absolute atomic E-state index is 0.124. The molecule has 0 unspecified atom stereocenters. The van der Waals surface area contributed by atoms with Gasteiger partial charge in [-0.3, -0.25) is 30.4 Å². The Hall–Kier alpha value is -3.47. The van der Waals surface area contributed by atoms with E-state index in [9.17, 15) is 25.0 Å². The molecule has 0 spiro atoms. The summed E-state index contributed by atoms with van der Waals surface area (Å²) in [5, 5.41) is 29.0. The van der Waals surface area contributed by atoms with Gasteiger partial charge in [0, 0.05) is 29.2 Å². The number of non-ortho nitro benzene ring substituents is 2. The third-order valence-corrected chi connectivity index (χ3v) is 5.00. The Morgan fingerprint density at radius 1 is 1.07 bits per heavy atom. The van der Waals surface area contributed by atoms with Crippen molar-refractivity contribution in [2.24, 2.45) is 5.10 Å². The number of carbonyl (C=O) groups is 1. The fourth-order valence-corrected chi connectivity index (χ4v) is 3.66. The summed E-state index contributed by atoms with van der Waals surface area (Å²) in [6, 6.07) is 11.7. The number of carbonyl (C=O) groups excluding carboxylic acids is 1. The normalized spacial score (nSPS) is 17.3. The first-order chi connectivity index (χ1) is 13.4. The zero-order valence-electron chi connectivity index (χ0n) is 14.4. The van der Waals surface area contributed by atoms with Gasteiger partial charge in [-0.2, -0.15) is 16.9 Å². The van der Waals surface area contributed by atoms with Crippen LogP contribution in [0.3, 0.4) is 0 Å². The topological polar surface area (TPSA) is 140 Å². The number of nitro benzene ring substituents is 2. The highest BCUT2D eigenvalue weighted by atomic mass is 32.2. The monoisotopic (exact) mass is 401 g/mol. The van der Waals surface area contributed by atoms with E-state index in [0.29, 0.717) is 22.8 Å². The van der Waals surface area contributed by atoms with E-state index in [1.54, 1.807) is 36.0 Å². The van der Waals surface area contributed by atoms with Crippen LogP contribution in [0.15, 0.2) is 53.6 Å². The van der Waals surface area contributed by atoms with Crippen molar-refractivity contribution in [1.29, 1.82) is 0 Å². The molecular formula is C17H15N5O5S. The highest BCUT2D eigenvalue weighted by Crippen LogP contribution is 2.26. The Kier molecular flexibility index (Phi) is 5.84. The SMILES string of the molecule is O=C(N[C@@H]1CSC/C1=N/Nc1cc([N+](=O)[O-])cc([N+](=O)[O-])c1)c1ccccc1. The van der Waals surface area contributed by atoms with Crippen LogP contribution in [0.25, 0.3) is 0 Å². The molecule has 1 amide bonds. The first-order valence-corrected chi connectivity index (χ1v) is 9.29. The summed E-state index contributed by atoms with van der Waals surface area (Å²) in [5.41, 5.74) is 3.11. The van der Waals surface area contributed by atoms with Crippen molar-refractivity contribution in [1.82, 2.24) is 5.32 Å². The molecule has 2 aromatic carbocycles. The van der Waals surface area contributed by atoms with Crippen molar-refractivity contribution in [3.8, 4) is 0 Å². The number of thioether (sulfide) groups is 1. The number of anilines is 1. The van der Waals surface area contributed by atoms with Gasteiger partial charge in [-0.05, 0) is 12.1 Å². The fourth-order valence-electron chi connectivity index (χ4n) is 2.55. The van der Waals surface area contributed by atoms with Gasteiger partial charge in [-0.25, -0.2) is 0 Å². The second kappa shape index (κ2) is 8.48. The molecule has 0 aliphatic carbocycles. The van der Waals surface area contributed by atoms with Gasteiger partial charge in [-0.15, -0.1) is 0 Å². The summed E-state index contributed by atoms with van der Waals surface area (Å²) in [5.74, 6) is 0.963. The molecule has 1 heterocycles. The van der Waals surface area contributed by atoms with E-state index in [-0.39, 0.29) is 17.6 Å². The van der Waals surface area contributed by atoms with E-state index in [1.165, 1.54) is 0 Å². The van der Waals surface area contributed by atoms with Crippen molar-refractivity contribution in [2.75, 3.05) is 16.9 Å². The maximum Gasteiger partial charge on any atom is 0.278 e. The highest BCUT2D eigenvalue weighted by Gasteiger charge is 2.25. The quantitative estimate of drug-likeness (QED) is 0.560. The van der Waals surface area contributed by atoms with Crippen LogP contribution in [-0.2, 0) is 0 Å². The van der Waals surface area contributed by atoms with Crippen LogP contribution >= 0.6 is 11.8 Å². The lowest BCUT2D eigenvalue weighted by Gasteiger charge is -2.13. The molecule has 1 aliphatic heterocycles. The summed E-state index contributed by atoms with van der Waals surface area (Å²) in [4.78, 5) is 32.8. The fraction of sp³-hybridized carbons (Fsp3) is 0.176. The summed E-state index contributed by atoms with van der Waals surface area (Å²) < 4.78 is 0. The smallest absolute Gasteiger partial charge is 0.278 e. The van der Waals surface area contributed by atoms with Crippen molar-refractivity contribution in [3.05, 3.63) is 74.3 Å². The maximum absolute atomic E-state index is 12.3. The van der Waals surface area contributed by atoms with Gasteiger partial charge in [0.2, 0.25) is 0 Å². The maximum atomic E-state index is 12.3. The van der Waals surface area contributed by atoms with Crippen molar-refractivity contribution >= 4 is 40.4 Å². The zero-order chi connectivity index (χ0) is 20.1. The number of benzene rings is 2. The predicted octanol–water partition coefficient (Wildman–Crippen LogP) is 2.82. The average Bonchev–Trinajstić information content (AvgIpc) is 3.13. The molecule has 0 saturated carbocycles. The lowest BCUT2D eigenvalue weighted by molar-refractivity contribution is -0.394. The summed E-state index contributed by atoms with van der Waals surface area (Å²) in [7, 11) is 0. The number of nitrogens with zero attached hydrogens (tertiary/aromatic N) is 3. The van der Waals surface area contributed by atoms with Crippen LogP contribution in [-0.4, -0.2) is 39.0 Å². The standard InChI is InChI=1S/C17H15N5O5S/c23-17(11-4-2-1-3-5-11)18-15-9-28-10-16(15)20-19-12-6-13(21(24)25)8-14(7-12)22(26)27/h1-8,15,19H,9-10H2,(H,18,23)/b20-16-/t15-/m1/s1. The van der Waals surface area contributed by atoms with Crippen molar-refractivity contribution in [2.45, 2.75) is 6.04 Å². The van der Waals surface area contributed by atoms with Gasteiger partial charge in [0.15, 0.2) is 0 Å². The Morgan fingerprint density at radius 3 is 2.32 bits per heavy atom. The molecule has 144 valence electrons. The molecule has 0 bridgehead atoms. The van der Waals surface area contributed by atoms with Crippen LogP contribution in [0.1, 0.15) is 10.4 Å². The van der Waals surface area contributed by atoms with Crippen molar-refractivity contribution in [3.63, 3.8) is 0 Å². The minimum Gasteiger partial charge on any atom is -0.343 e. The highest BCUT2D eigenvalue weighted by molar-refractivity contribution is 8.00. The molecule has 2 N–H and O–H groups in total. The zero-order valence-corrected chi connectivity index (χ0v) is 15.2. The Balaban J connectivity index is 1.75. The van der Waals surface area contributed by atoms with Gasteiger partial charge in [0.1, 0.15) is 0 Å². The molecular weight excluding hydrogens is 386 g/mol.